The number of rotatable bonds is 11. The van der Waals surface area contributed by atoms with Crippen LogP contribution < -0.4 is 9.47 Å². The van der Waals surface area contributed by atoms with Crippen LogP contribution in [0.4, 0.5) is 0 Å². The number of carboxylic acid groups (broad SMARTS) is 1. The molecule has 0 unspecified atom stereocenters. The van der Waals surface area contributed by atoms with Crippen molar-refractivity contribution in [2.24, 2.45) is 5.16 Å². The topological polar surface area (TPSA) is 82.3 Å². The van der Waals surface area contributed by atoms with E-state index in [1.54, 1.807) is 31.4 Å². The third-order valence-corrected chi connectivity index (χ3v) is 5.53. The lowest BCUT2D eigenvalue weighted by Gasteiger charge is -2.10. The number of fused-ring (bicyclic) bond motifs is 1. The molecule has 0 aliphatic heterocycles. The fourth-order valence-electron chi connectivity index (χ4n) is 3.91. The molecule has 4 rings (SSSR count). The Bertz CT molecular complexity index is 1330. The molecule has 0 bridgehead atoms. The van der Waals surface area contributed by atoms with Gasteiger partial charge < -0.3 is 24.0 Å². The Hall–Kier alpha value is -4.26. The number of oxime groups is 1. The van der Waals surface area contributed by atoms with Crippen LogP contribution in [-0.2, 0) is 22.6 Å². The molecule has 0 saturated heterocycles. The van der Waals surface area contributed by atoms with Crippen molar-refractivity contribution in [3.05, 3.63) is 95.7 Å². The fourth-order valence-corrected chi connectivity index (χ4v) is 3.91. The SMILES string of the molecule is CCO/N=C(\COc1cccc(CC(=O)O)c1)c1cn(Cc2ccccc2)c2ccc(OC)cc12. The summed E-state index contributed by atoms with van der Waals surface area (Å²) in [6, 6.07) is 23.3. The summed E-state index contributed by atoms with van der Waals surface area (Å²) in [6.07, 6.45) is 1.99. The Morgan fingerprint density at radius 2 is 1.77 bits per heavy atom. The summed E-state index contributed by atoms with van der Waals surface area (Å²) in [5.74, 6) is 0.425. The number of methoxy groups -OCH3 is 1. The first-order chi connectivity index (χ1) is 17.1. The summed E-state index contributed by atoms with van der Waals surface area (Å²) in [6.45, 7) is 3.14. The average Bonchev–Trinajstić information content (AvgIpc) is 3.21. The van der Waals surface area contributed by atoms with Gasteiger partial charge in [-0.25, -0.2) is 0 Å². The zero-order valence-corrected chi connectivity index (χ0v) is 19.8. The minimum Gasteiger partial charge on any atom is -0.497 e. The van der Waals surface area contributed by atoms with Crippen molar-refractivity contribution < 1.29 is 24.2 Å². The number of hydrogen-bond acceptors (Lipinski definition) is 5. The first kappa shape index (κ1) is 23.9. The third kappa shape index (κ3) is 6.00. The van der Waals surface area contributed by atoms with Crippen LogP contribution in [-0.4, -0.2) is 41.7 Å². The Balaban J connectivity index is 1.69. The molecule has 3 aromatic carbocycles. The molecule has 0 radical (unpaired) electrons. The van der Waals surface area contributed by atoms with Gasteiger partial charge in [0.1, 0.15) is 30.4 Å². The van der Waals surface area contributed by atoms with Gasteiger partial charge in [0.25, 0.3) is 0 Å². The second kappa shape index (κ2) is 11.2. The van der Waals surface area contributed by atoms with E-state index < -0.39 is 5.97 Å². The Kier molecular flexibility index (Phi) is 7.67. The van der Waals surface area contributed by atoms with Crippen molar-refractivity contribution >= 4 is 22.6 Å². The molecule has 0 atom stereocenters. The van der Waals surface area contributed by atoms with Crippen molar-refractivity contribution in [3.8, 4) is 11.5 Å². The predicted octanol–water partition coefficient (Wildman–Crippen LogP) is 5.14. The summed E-state index contributed by atoms with van der Waals surface area (Å²) in [7, 11) is 1.64. The zero-order chi connectivity index (χ0) is 24.6. The molecule has 1 aromatic heterocycles. The lowest BCUT2D eigenvalue weighted by molar-refractivity contribution is -0.136. The van der Waals surface area contributed by atoms with Crippen LogP contribution in [0.5, 0.6) is 11.5 Å². The van der Waals surface area contributed by atoms with E-state index in [0.717, 1.165) is 22.2 Å². The van der Waals surface area contributed by atoms with E-state index in [0.29, 0.717) is 30.2 Å². The van der Waals surface area contributed by atoms with Crippen molar-refractivity contribution in [2.75, 3.05) is 20.3 Å². The summed E-state index contributed by atoms with van der Waals surface area (Å²) < 4.78 is 13.7. The van der Waals surface area contributed by atoms with Gasteiger partial charge in [-0.05, 0) is 48.4 Å². The van der Waals surface area contributed by atoms with Gasteiger partial charge in [-0.15, -0.1) is 0 Å². The van der Waals surface area contributed by atoms with E-state index in [2.05, 4.69) is 28.1 Å². The van der Waals surface area contributed by atoms with Crippen LogP contribution in [0.25, 0.3) is 10.9 Å². The van der Waals surface area contributed by atoms with Crippen molar-refractivity contribution in [3.63, 3.8) is 0 Å². The van der Waals surface area contributed by atoms with Gasteiger partial charge in [0.15, 0.2) is 0 Å². The van der Waals surface area contributed by atoms with E-state index in [9.17, 15) is 4.79 Å². The average molecular weight is 473 g/mol. The highest BCUT2D eigenvalue weighted by Crippen LogP contribution is 2.28. The highest BCUT2D eigenvalue weighted by molar-refractivity contribution is 6.11. The van der Waals surface area contributed by atoms with E-state index >= 15 is 0 Å². The van der Waals surface area contributed by atoms with E-state index in [1.165, 1.54) is 5.56 Å². The Morgan fingerprint density at radius 3 is 2.51 bits per heavy atom. The number of carbonyl (C=O) groups is 1. The number of aliphatic carboxylic acids is 1. The molecule has 180 valence electrons. The zero-order valence-electron chi connectivity index (χ0n) is 19.8. The molecule has 7 heteroatoms. The summed E-state index contributed by atoms with van der Waals surface area (Å²) >= 11 is 0. The smallest absolute Gasteiger partial charge is 0.307 e. The van der Waals surface area contributed by atoms with Crippen molar-refractivity contribution in [1.82, 2.24) is 4.57 Å². The minimum absolute atomic E-state index is 0.0656. The molecule has 7 nitrogen and oxygen atoms in total. The second-order valence-corrected chi connectivity index (χ2v) is 8.00. The molecule has 0 fully saturated rings. The number of ether oxygens (including phenoxy) is 2. The van der Waals surface area contributed by atoms with Crippen LogP contribution in [0.2, 0.25) is 0 Å². The van der Waals surface area contributed by atoms with Gasteiger partial charge in [-0.3, -0.25) is 4.79 Å². The van der Waals surface area contributed by atoms with Crippen LogP contribution in [0.3, 0.4) is 0 Å². The molecule has 0 aliphatic rings. The summed E-state index contributed by atoms with van der Waals surface area (Å²) in [5, 5.41) is 14.4. The number of carboxylic acids is 1. The van der Waals surface area contributed by atoms with Gasteiger partial charge in [0.2, 0.25) is 0 Å². The van der Waals surface area contributed by atoms with Gasteiger partial charge in [-0.1, -0.05) is 47.6 Å². The summed E-state index contributed by atoms with van der Waals surface area (Å²) in [5.41, 5.74) is 4.40. The van der Waals surface area contributed by atoms with Gasteiger partial charge in [0, 0.05) is 29.2 Å². The minimum atomic E-state index is -0.888. The molecule has 0 aliphatic carbocycles. The molecule has 1 heterocycles. The Labute approximate surface area is 204 Å². The number of benzene rings is 3. The maximum atomic E-state index is 11.1. The van der Waals surface area contributed by atoms with Gasteiger partial charge in [-0.2, -0.15) is 0 Å². The lowest BCUT2D eigenvalue weighted by Crippen LogP contribution is -2.14. The van der Waals surface area contributed by atoms with E-state index in [1.807, 2.05) is 43.3 Å². The second-order valence-electron chi connectivity index (χ2n) is 8.00. The van der Waals surface area contributed by atoms with Crippen molar-refractivity contribution in [1.29, 1.82) is 0 Å². The first-order valence-corrected chi connectivity index (χ1v) is 11.4. The molecule has 4 aromatic rings. The predicted molar refractivity (Wildman–Crippen MR) is 135 cm³/mol. The highest BCUT2D eigenvalue weighted by Gasteiger charge is 2.17. The van der Waals surface area contributed by atoms with Crippen LogP contribution in [0.15, 0.2) is 84.1 Å². The molecule has 0 amide bonds. The fraction of sp³-hybridized carbons (Fsp3) is 0.214. The molecular formula is C28H28N2O5. The summed E-state index contributed by atoms with van der Waals surface area (Å²) in [4.78, 5) is 16.5. The number of aromatic nitrogens is 1. The number of hydrogen-bond donors (Lipinski definition) is 1. The largest absolute Gasteiger partial charge is 0.497 e. The van der Waals surface area contributed by atoms with Gasteiger partial charge in [0.05, 0.1) is 13.5 Å². The number of nitrogens with zero attached hydrogens (tertiary/aromatic N) is 2. The maximum absolute atomic E-state index is 11.1. The highest BCUT2D eigenvalue weighted by atomic mass is 16.6. The lowest BCUT2D eigenvalue weighted by atomic mass is 10.1. The standard InChI is InChI=1S/C28H28N2O5/c1-3-35-29-26(19-34-23-11-7-10-21(14-23)15-28(31)32)25-18-30(17-20-8-5-4-6-9-20)27-13-12-22(33-2)16-24(25)27/h4-14,16,18H,3,15,17,19H2,1-2H3,(H,31,32)/b29-26+. The molecule has 1 N–H and O–H groups in total. The maximum Gasteiger partial charge on any atom is 0.307 e. The third-order valence-electron chi connectivity index (χ3n) is 5.53. The first-order valence-electron chi connectivity index (χ1n) is 11.4. The van der Waals surface area contributed by atoms with Crippen LogP contribution in [0.1, 0.15) is 23.6 Å². The van der Waals surface area contributed by atoms with Gasteiger partial charge >= 0.3 is 5.97 Å². The normalized spacial score (nSPS) is 11.4. The van der Waals surface area contributed by atoms with E-state index in [-0.39, 0.29) is 13.0 Å². The molecule has 0 spiro atoms. The van der Waals surface area contributed by atoms with Crippen LogP contribution in [0, 0.1) is 0 Å². The van der Waals surface area contributed by atoms with Crippen molar-refractivity contribution in [2.45, 2.75) is 19.9 Å². The Morgan fingerprint density at radius 1 is 0.971 bits per heavy atom. The quantitative estimate of drug-likeness (QED) is 0.241. The van der Waals surface area contributed by atoms with E-state index in [4.69, 9.17) is 19.4 Å². The van der Waals surface area contributed by atoms with Crippen LogP contribution >= 0.6 is 0 Å². The molecular weight excluding hydrogens is 444 g/mol. The molecule has 0 saturated carbocycles. The molecule has 35 heavy (non-hydrogen) atoms. The monoisotopic (exact) mass is 472 g/mol.